The molecule has 25 heavy (non-hydrogen) atoms. The Morgan fingerprint density at radius 2 is 1.88 bits per heavy atom. The molecule has 2 aromatic rings. The van der Waals surface area contributed by atoms with E-state index in [0.717, 1.165) is 25.7 Å². The maximum absolute atomic E-state index is 13.1. The summed E-state index contributed by atoms with van der Waals surface area (Å²) < 4.78 is 18.4. The van der Waals surface area contributed by atoms with Crippen molar-refractivity contribution in [1.29, 1.82) is 0 Å². The van der Waals surface area contributed by atoms with E-state index in [0.29, 0.717) is 12.0 Å². The minimum absolute atomic E-state index is 0.0170. The van der Waals surface area contributed by atoms with Gasteiger partial charge >= 0.3 is 0 Å². The molecule has 0 spiro atoms. The number of benzene rings is 2. The molecule has 5 heteroatoms. The number of aromatic hydroxyl groups is 2. The van der Waals surface area contributed by atoms with Crippen LogP contribution in [0.15, 0.2) is 36.4 Å². The quantitative estimate of drug-likeness (QED) is 0.513. The largest absolute Gasteiger partial charge is 0.508 e. The summed E-state index contributed by atoms with van der Waals surface area (Å²) in [6.45, 7) is 1.80. The summed E-state index contributed by atoms with van der Waals surface area (Å²) in [5.41, 5.74) is 0.725. The molecule has 0 bridgehead atoms. The summed E-state index contributed by atoms with van der Waals surface area (Å²) >= 11 is 0. The van der Waals surface area contributed by atoms with E-state index >= 15 is 0 Å². The number of ether oxygens (including phenoxy) is 1. The van der Waals surface area contributed by atoms with Crippen LogP contribution in [0.5, 0.6) is 17.2 Å². The van der Waals surface area contributed by atoms with Crippen LogP contribution < -0.4 is 4.74 Å². The number of carbonyl (C=O) groups is 1. The molecule has 0 aromatic heterocycles. The van der Waals surface area contributed by atoms with Crippen LogP contribution in [-0.2, 0) is 6.42 Å². The van der Waals surface area contributed by atoms with E-state index in [1.54, 1.807) is 6.07 Å². The Hall–Kier alpha value is -2.56. The van der Waals surface area contributed by atoms with Gasteiger partial charge in [0.25, 0.3) is 0 Å². The first kappa shape index (κ1) is 18.8. The standard InChI is InChI=1S/C20H23FO4/c1-2-3-4-5-7-14-10-17(19(23)12-18(14)22)20(24)13-25-16-9-6-8-15(21)11-16/h6,8-12,22-23H,2-5,7,13H2,1H3. The topological polar surface area (TPSA) is 66.8 Å². The van der Waals surface area contributed by atoms with Gasteiger partial charge < -0.3 is 14.9 Å². The van der Waals surface area contributed by atoms with Gasteiger partial charge in [0.2, 0.25) is 5.78 Å². The average Bonchev–Trinajstić information content (AvgIpc) is 2.58. The van der Waals surface area contributed by atoms with Crippen LogP contribution in [-0.4, -0.2) is 22.6 Å². The fraction of sp³-hybridized carbons (Fsp3) is 0.350. The van der Waals surface area contributed by atoms with Crippen molar-refractivity contribution in [2.45, 2.75) is 39.0 Å². The van der Waals surface area contributed by atoms with E-state index < -0.39 is 11.6 Å². The molecule has 134 valence electrons. The number of phenolic OH excluding ortho intramolecular Hbond substituents is 2. The summed E-state index contributed by atoms with van der Waals surface area (Å²) in [7, 11) is 0. The van der Waals surface area contributed by atoms with E-state index in [2.05, 4.69) is 6.92 Å². The summed E-state index contributed by atoms with van der Waals surface area (Å²) in [5, 5.41) is 19.9. The van der Waals surface area contributed by atoms with E-state index in [4.69, 9.17) is 4.74 Å². The highest BCUT2D eigenvalue weighted by Gasteiger charge is 2.16. The maximum atomic E-state index is 13.1. The zero-order valence-electron chi connectivity index (χ0n) is 14.3. The van der Waals surface area contributed by atoms with E-state index in [1.807, 2.05) is 0 Å². The highest BCUT2D eigenvalue weighted by molar-refractivity contribution is 6.00. The van der Waals surface area contributed by atoms with Gasteiger partial charge in [-0.05, 0) is 36.6 Å². The number of Topliss-reactive ketones (excluding diaryl/α,β-unsaturated/α-hetero) is 1. The average molecular weight is 346 g/mol. The summed E-state index contributed by atoms with van der Waals surface area (Å²) in [5.74, 6) is -0.950. The fourth-order valence-corrected chi connectivity index (χ4v) is 2.57. The third kappa shape index (κ3) is 5.48. The molecule has 0 aliphatic heterocycles. The van der Waals surface area contributed by atoms with Gasteiger partial charge in [0.05, 0.1) is 5.56 Å². The third-order valence-corrected chi connectivity index (χ3v) is 3.96. The van der Waals surface area contributed by atoms with E-state index in [-0.39, 0.29) is 29.4 Å². The number of halogens is 1. The first-order valence-electron chi connectivity index (χ1n) is 8.47. The molecule has 2 N–H and O–H groups in total. The lowest BCUT2D eigenvalue weighted by Crippen LogP contribution is -2.12. The zero-order chi connectivity index (χ0) is 18.2. The second kappa shape index (κ2) is 9.06. The van der Waals surface area contributed by atoms with Crippen molar-refractivity contribution in [3.8, 4) is 17.2 Å². The Labute approximate surface area is 146 Å². The van der Waals surface area contributed by atoms with Gasteiger partial charge in [-0.2, -0.15) is 0 Å². The van der Waals surface area contributed by atoms with Crippen molar-refractivity contribution in [3.05, 3.63) is 53.3 Å². The predicted molar refractivity (Wildman–Crippen MR) is 93.8 cm³/mol. The Bertz CT molecular complexity index is 728. The molecule has 0 atom stereocenters. The number of hydrogen-bond acceptors (Lipinski definition) is 4. The van der Waals surface area contributed by atoms with Gasteiger partial charge in [-0.3, -0.25) is 4.79 Å². The molecule has 0 heterocycles. The van der Waals surface area contributed by atoms with E-state index in [1.165, 1.54) is 30.3 Å². The molecular weight excluding hydrogens is 323 g/mol. The molecule has 0 amide bonds. The lowest BCUT2D eigenvalue weighted by Gasteiger charge is -2.11. The van der Waals surface area contributed by atoms with Crippen LogP contribution in [0.25, 0.3) is 0 Å². The molecule has 0 fully saturated rings. The van der Waals surface area contributed by atoms with Crippen molar-refractivity contribution < 1.29 is 24.1 Å². The smallest absolute Gasteiger partial charge is 0.203 e. The number of hydrogen-bond donors (Lipinski definition) is 2. The maximum Gasteiger partial charge on any atom is 0.203 e. The first-order valence-corrected chi connectivity index (χ1v) is 8.47. The van der Waals surface area contributed by atoms with Crippen molar-refractivity contribution in [2.75, 3.05) is 6.61 Å². The normalized spacial score (nSPS) is 10.6. The highest BCUT2D eigenvalue weighted by Crippen LogP contribution is 2.29. The predicted octanol–water partition coefficient (Wildman–Crippen LogP) is 4.62. The molecule has 0 saturated heterocycles. The minimum atomic E-state index is -0.452. The van der Waals surface area contributed by atoms with Gasteiger partial charge in [-0.25, -0.2) is 4.39 Å². The summed E-state index contributed by atoms with van der Waals surface area (Å²) in [4.78, 5) is 12.3. The molecular formula is C20H23FO4. The van der Waals surface area contributed by atoms with Crippen LogP contribution >= 0.6 is 0 Å². The highest BCUT2D eigenvalue weighted by atomic mass is 19.1. The van der Waals surface area contributed by atoms with Crippen LogP contribution in [0, 0.1) is 5.82 Å². The number of unbranched alkanes of at least 4 members (excludes halogenated alkanes) is 3. The van der Waals surface area contributed by atoms with Crippen molar-refractivity contribution in [3.63, 3.8) is 0 Å². The molecule has 0 aliphatic carbocycles. The van der Waals surface area contributed by atoms with Gasteiger partial charge in [0, 0.05) is 12.1 Å². The van der Waals surface area contributed by atoms with Gasteiger partial charge in [-0.1, -0.05) is 32.3 Å². The Kier molecular flexibility index (Phi) is 6.81. The minimum Gasteiger partial charge on any atom is -0.508 e. The first-order chi connectivity index (χ1) is 12.0. The number of ketones is 1. The number of phenols is 2. The van der Waals surface area contributed by atoms with Crippen LogP contribution in [0.2, 0.25) is 0 Å². The number of carbonyl (C=O) groups excluding carboxylic acids is 1. The molecule has 4 nitrogen and oxygen atoms in total. The zero-order valence-corrected chi connectivity index (χ0v) is 14.3. The molecule has 0 unspecified atom stereocenters. The van der Waals surface area contributed by atoms with Crippen LogP contribution in [0.1, 0.15) is 48.5 Å². The fourth-order valence-electron chi connectivity index (χ4n) is 2.57. The molecule has 0 aliphatic rings. The summed E-state index contributed by atoms with van der Waals surface area (Å²) in [6, 6.07) is 8.20. The Morgan fingerprint density at radius 3 is 2.60 bits per heavy atom. The molecule has 0 radical (unpaired) electrons. The van der Waals surface area contributed by atoms with E-state index in [9.17, 15) is 19.4 Å². The van der Waals surface area contributed by atoms with Gasteiger partial charge in [0.15, 0.2) is 6.61 Å². The lowest BCUT2D eigenvalue weighted by molar-refractivity contribution is 0.0918. The second-order valence-corrected chi connectivity index (χ2v) is 5.98. The van der Waals surface area contributed by atoms with Crippen molar-refractivity contribution in [1.82, 2.24) is 0 Å². The molecule has 0 saturated carbocycles. The van der Waals surface area contributed by atoms with Crippen molar-refractivity contribution in [2.24, 2.45) is 0 Å². The third-order valence-electron chi connectivity index (χ3n) is 3.96. The molecule has 2 aromatic carbocycles. The van der Waals surface area contributed by atoms with Crippen molar-refractivity contribution >= 4 is 5.78 Å². The van der Waals surface area contributed by atoms with Gasteiger partial charge in [0.1, 0.15) is 23.1 Å². The SMILES string of the molecule is CCCCCCc1cc(C(=O)COc2cccc(F)c2)c(O)cc1O. The van der Waals surface area contributed by atoms with Crippen LogP contribution in [0.3, 0.4) is 0 Å². The Morgan fingerprint density at radius 1 is 1.08 bits per heavy atom. The molecule has 2 rings (SSSR count). The lowest BCUT2D eigenvalue weighted by atomic mass is 10.0. The number of aryl methyl sites for hydroxylation is 1. The Balaban J connectivity index is 2.04. The summed E-state index contributed by atoms with van der Waals surface area (Å²) in [6.07, 6.45) is 4.81. The van der Waals surface area contributed by atoms with Crippen LogP contribution in [0.4, 0.5) is 4.39 Å². The second-order valence-electron chi connectivity index (χ2n) is 5.98. The van der Waals surface area contributed by atoms with Gasteiger partial charge in [-0.15, -0.1) is 0 Å². The number of rotatable bonds is 9. The monoisotopic (exact) mass is 346 g/mol.